The highest BCUT2D eigenvalue weighted by atomic mass is 32.2. The number of nitrogens with zero attached hydrogens (tertiary/aromatic N) is 1. The highest BCUT2D eigenvalue weighted by molar-refractivity contribution is 7.89. The molecule has 9 nitrogen and oxygen atoms in total. The summed E-state index contributed by atoms with van der Waals surface area (Å²) in [5, 5.41) is 2.96. The zero-order chi connectivity index (χ0) is 24.1. The van der Waals surface area contributed by atoms with Gasteiger partial charge in [0, 0.05) is 31.2 Å². The Labute approximate surface area is 200 Å². The van der Waals surface area contributed by atoms with Crippen molar-refractivity contribution >= 4 is 15.9 Å². The average Bonchev–Trinajstić information content (AvgIpc) is 3.51. The van der Waals surface area contributed by atoms with Gasteiger partial charge in [0.1, 0.15) is 22.2 Å². The summed E-state index contributed by atoms with van der Waals surface area (Å²) < 4.78 is 45.5. The molecule has 1 aliphatic heterocycles. The predicted molar refractivity (Wildman–Crippen MR) is 126 cm³/mol. The Kier molecular flexibility index (Phi) is 7.92. The fourth-order valence-electron chi connectivity index (χ4n) is 4.58. The standard InChI is InChI=1S/C24H33N3O6S/c1-17-7-9-21(33-17)20(27-11-13-32-14-12-27)16-25-24(28)18-8-10-22(31-2)23(15-18)34(29,30)26-19-5-3-4-6-19/h7-10,15,19-20,26H,3-6,11-14,16H2,1-2H3,(H,25,28)/t20-/m1/s1. The largest absolute Gasteiger partial charge is 0.495 e. The van der Waals surface area contributed by atoms with Crippen LogP contribution < -0.4 is 14.8 Å². The van der Waals surface area contributed by atoms with E-state index in [0.717, 1.165) is 50.3 Å². The number of hydrogen-bond donors (Lipinski definition) is 2. The Balaban J connectivity index is 1.51. The topological polar surface area (TPSA) is 110 Å². The number of ether oxygens (including phenoxy) is 2. The first kappa shape index (κ1) is 24.7. The lowest BCUT2D eigenvalue weighted by Gasteiger charge is -2.33. The van der Waals surface area contributed by atoms with Crippen LogP contribution in [0.25, 0.3) is 0 Å². The minimum absolute atomic E-state index is 0.0269. The molecule has 0 bridgehead atoms. The molecule has 2 heterocycles. The van der Waals surface area contributed by atoms with E-state index in [2.05, 4.69) is 14.9 Å². The molecule has 2 aromatic rings. The molecule has 186 valence electrons. The van der Waals surface area contributed by atoms with Crippen LogP contribution in [0.15, 0.2) is 39.6 Å². The van der Waals surface area contributed by atoms with Crippen molar-refractivity contribution in [3.8, 4) is 5.75 Å². The molecule has 4 rings (SSSR count). The minimum atomic E-state index is -3.82. The van der Waals surface area contributed by atoms with Crippen molar-refractivity contribution in [2.24, 2.45) is 0 Å². The van der Waals surface area contributed by atoms with Gasteiger partial charge in [0.2, 0.25) is 10.0 Å². The van der Waals surface area contributed by atoms with Gasteiger partial charge in [-0.1, -0.05) is 12.8 Å². The van der Waals surface area contributed by atoms with Gasteiger partial charge in [-0.2, -0.15) is 0 Å². The van der Waals surface area contributed by atoms with Crippen LogP contribution in [0.2, 0.25) is 0 Å². The molecule has 1 saturated heterocycles. The number of benzene rings is 1. The van der Waals surface area contributed by atoms with Crippen LogP contribution in [0, 0.1) is 6.92 Å². The number of sulfonamides is 1. The zero-order valence-corrected chi connectivity index (χ0v) is 20.5. The Morgan fingerprint density at radius 2 is 1.91 bits per heavy atom. The molecular formula is C24H33N3O6S. The number of morpholine rings is 1. The number of nitrogens with one attached hydrogen (secondary N) is 2. The number of carbonyl (C=O) groups is 1. The van der Waals surface area contributed by atoms with E-state index in [1.54, 1.807) is 6.07 Å². The van der Waals surface area contributed by atoms with E-state index in [9.17, 15) is 13.2 Å². The summed E-state index contributed by atoms with van der Waals surface area (Å²) in [7, 11) is -2.40. The Morgan fingerprint density at radius 3 is 2.56 bits per heavy atom. The van der Waals surface area contributed by atoms with Crippen LogP contribution in [0.4, 0.5) is 0 Å². The molecule has 0 radical (unpaired) electrons. The molecule has 1 saturated carbocycles. The lowest BCUT2D eigenvalue weighted by Crippen LogP contribution is -2.43. The van der Waals surface area contributed by atoms with Gasteiger partial charge in [-0.25, -0.2) is 13.1 Å². The second kappa shape index (κ2) is 10.9. The maximum Gasteiger partial charge on any atom is 0.251 e. The average molecular weight is 492 g/mol. The molecule has 1 aromatic heterocycles. The molecule has 1 aromatic carbocycles. The smallest absolute Gasteiger partial charge is 0.251 e. The number of methoxy groups -OCH3 is 1. The number of rotatable bonds is 9. The van der Waals surface area contributed by atoms with Crippen LogP contribution in [-0.2, 0) is 14.8 Å². The van der Waals surface area contributed by atoms with Crippen LogP contribution in [0.1, 0.15) is 53.6 Å². The summed E-state index contributed by atoms with van der Waals surface area (Å²) in [5.74, 6) is 1.43. The molecule has 2 N–H and O–H groups in total. The summed E-state index contributed by atoms with van der Waals surface area (Å²) in [6.07, 6.45) is 3.65. The summed E-state index contributed by atoms with van der Waals surface area (Å²) >= 11 is 0. The molecular weight excluding hydrogens is 458 g/mol. The van der Waals surface area contributed by atoms with Crippen molar-refractivity contribution in [2.45, 2.75) is 49.6 Å². The maximum absolute atomic E-state index is 13.1. The molecule has 2 fully saturated rings. The first-order chi connectivity index (χ1) is 16.4. The third kappa shape index (κ3) is 5.80. The maximum atomic E-state index is 13.1. The van der Waals surface area contributed by atoms with E-state index in [-0.39, 0.29) is 34.2 Å². The third-order valence-electron chi connectivity index (χ3n) is 6.42. The van der Waals surface area contributed by atoms with Crippen LogP contribution >= 0.6 is 0 Å². The summed E-state index contributed by atoms with van der Waals surface area (Å²) in [5.41, 5.74) is 0.254. The molecule has 0 spiro atoms. The van der Waals surface area contributed by atoms with Gasteiger partial charge in [-0.3, -0.25) is 9.69 Å². The molecule has 1 aliphatic carbocycles. The fraction of sp³-hybridized carbons (Fsp3) is 0.542. The zero-order valence-electron chi connectivity index (χ0n) is 19.7. The SMILES string of the molecule is COc1ccc(C(=O)NC[C@H](c2ccc(C)o2)N2CCOCC2)cc1S(=O)(=O)NC1CCCC1. The van der Waals surface area contributed by atoms with Gasteiger partial charge in [0.15, 0.2) is 0 Å². The van der Waals surface area contributed by atoms with Crippen molar-refractivity contribution in [1.29, 1.82) is 0 Å². The molecule has 1 amide bonds. The van der Waals surface area contributed by atoms with Gasteiger partial charge in [-0.05, 0) is 50.1 Å². The third-order valence-corrected chi connectivity index (χ3v) is 7.97. The summed E-state index contributed by atoms with van der Waals surface area (Å²) in [4.78, 5) is 15.2. The Morgan fingerprint density at radius 1 is 1.18 bits per heavy atom. The summed E-state index contributed by atoms with van der Waals surface area (Å²) in [6.45, 7) is 4.92. The van der Waals surface area contributed by atoms with Crippen molar-refractivity contribution in [2.75, 3.05) is 40.0 Å². The van der Waals surface area contributed by atoms with Crippen molar-refractivity contribution in [1.82, 2.24) is 14.9 Å². The normalized spacial score (nSPS) is 18.6. The van der Waals surface area contributed by atoms with Crippen molar-refractivity contribution in [3.05, 3.63) is 47.4 Å². The monoisotopic (exact) mass is 491 g/mol. The van der Waals surface area contributed by atoms with Gasteiger partial charge in [0.25, 0.3) is 5.91 Å². The first-order valence-corrected chi connectivity index (χ1v) is 13.2. The Hall–Kier alpha value is -2.40. The quantitative estimate of drug-likeness (QED) is 0.555. The number of hydrogen-bond acceptors (Lipinski definition) is 7. The molecule has 1 atom stereocenters. The van der Waals surface area contributed by atoms with Crippen LogP contribution in [0.5, 0.6) is 5.75 Å². The Bertz CT molecular complexity index is 1090. The molecule has 2 aliphatic rings. The fourth-order valence-corrected chi connectivity index (χ4v) is 6.08. The minimum Gasteiger partial charge on any atom is -0.495 e. The second-order valence-electron chi connectivity index (χ2n) is 8.79. The highest BCUT2D eigenvalue weighted by Gasteiger charge is 2.28. The van der Waals surface area contributed by atoms with Crippen molar-refractivity contribution < 1.29 is 27.1 Å². The lowest BCUT2D eigenvalue weighted by molar-refractivity contribution is 0.0117. The lowest BCUT2D eigenvalue weighted by atomic mass is 10.1. The highest BCUT2D eigenvalue weighted by Crippen LogP contribution is 2.28. The van der Waals surface area contributed by atoms with E-state index < -0.39 is 10.0 Å². The van der Waals surface area contributed by atoms with Crippen LogP contribution in [-0.4, -0.2) is 65.2 Å². The number of furan rings is 1. The second-order valence-corrected chi connectivity index (χ2v) is 10.5. The molecule has 0 unspecified atom stereocenters. The van der Waals surface area contributed by atoms with Gasteiger partial charge >= 0.3 is 0 Å². The van der Waals surface area contributed by atoms with Crippen LogP contribution in [0.3, 0.4) is 0 Å². The number of amides is 1. The van der Waals surface area contributed by atoms with E-state index in [1.807, 2.05) is 19.1 Å². The van der Waals surface area contributed by atoms with Crippen molar-refractivity contribution in [3.63, 3.8) is 0 Å². The van der Waals surface area contributed by atoms with E-state index in [0.29, 0.717) is 19.8 Å². The van der Waals surface area contributed by atoms with Gasteiger partial charge in [-0.15, -0.1) is 0 Å². The first-order valence-electron chi connectivity index (χ1n) is 11.7. The van der Waals surface area contributed by atoms with Gasteiger partial charge < -0.3 is 19.2 Å². The number of aryl methyl sites for hydroxylation is 1. The van der Waals surface area contributed by atoms with E-state index >= 15 is 0 Å². The molecule has 34 heavy (non-hydrogen) atoms. The molecule has 10 heteroatoms. The van der Waals surface area contributed by atoms with E-state index in [1.165, 1.54) is 19.2 Å². The summed E-state index contributed by atoms with van der Waals surface area (Å²) in [6, 6.07) is 8.07. The number of carbonyl (C=O) groups excluding carboxylic acids is 1. The van der Waals surface area contributed by atoms with E-state index in [4.69, 9.17) is 13.9 Å². The predicted octanol–water partition coefficient (Wildman–Crippen LogP) is 2.62. The van der Waals surface area contributed by atoms with Gasteiger partial charge in [0.05, 0.1) is 26.4 Å².